The van der Waals surface area contributed by atoms with Gasteiger partial charge < -0.3 is 19.5 Å². The number of nitrogens with one attached hydrogen (secondary N) is 1. The maximum Gasteiger partial charge on any atom is 0.0729 e. The molecule has 3 saturated heterocycles. The van der Waals surface area contributed by atoms with Crippen molar-refractivity contribution in [1.29, 1.82) is 0 Å². The molecule has 3 fully saturated rings. The molecule has 0 aliphatic carbocycles. The summed E-state index contributed by atoms with van der Waals surface area (Å²) in [5, 5.41) is 3.78. The van der Waals surface area contributed by atoms with Crippen LogP contribution in [0.5, 0.6) is 0 Å². The van der Waals surface area contributed by atoms with Gasteiger partial charge in [0.15, 0.2) is 0 Å². The fourth-order valence-electron chi connectivity index (χ4n) is 4.59. The summed E-state index contributed by atoms with van der Waals surface area (Å²) in [5.74, 6) is 1.37. The van der Waals surface area contributed by atoms with Gasteiger partial charge in [-0.2, -0.15) is 0 Å². The maximum atomic E-state index is 6.22. The molecule has 0 aromatic rings. The van der Waals surface area contributed by atoms with Gasteiger partial charge in [0.05, 0.1) is 11.7 Å². The first-order valence-electron chi connectivity index (χ1n) is 8.81. The Labute approximate surface area is 128 Å². The maximum absolute atomic E-state index is 6.22. The van der Waals surface area contributed by atoms with Crippen LogP contribution in [0, 0.1) is 11.8 Å². The summed E-state index contributed by atoms with van der Waals surface area (Å²) in [4.78, 5) is 0. The Morgan fingerprint density at radius 2 is 1.95 bits per heavy atom. The van der Waals surface area contributed by atoms with E-state index in [0.29, 0.717) is 24.0 Å². The third kappa shape index (κ3) is 3.44. The molecule has 3 aliphatic heterocycles. The molecule has 0 amide bonds. The number of rotatable bonds is 4. The number of hydrogen-bond acceptors (Lipinski definition) is 4. The fraction of sp³-hybridized carbons (Fsp3) is 1.00. The second kappa shape index (κ2) is 6.95. The van der Waals surface area contributed by atoms with Gasteiger partial charge in [-0.3, -0.25) is 0 Å². The van der Waals surface area contributed by atoms with E-state index in [4.69, 9.17) is 14.2 Å². The molecule has 0 saturated carbocycles. The van der Waals surface area contributed by atoms with E-state index in [1.807, 2.05) is 0 Å². The molecule has 3 aliphatic rings. The molecule has 21 heavy (non-hydrogen) atoms. The fourth-order valence-corrected chi connectivity index (χ4v) is 4.59. The van der Waals surface area contributed by atoms with Crippen molar-refractivity contribution in [1.82, 2.24) is 5.32 Å². The Balaban J connectivity index is 1.69. The molecule has 1 spiro atoms. The quantitative estimate of drug-likeness (QED) is 0.865. The van der Waals surface area contributed by atoms with Crippen molar-refractivity contribution in [3.05, 3.63) is 0 Å². The van der Waals surface area contributed by atoms with Gasteiger partial charge in [0.1, 0.15) is 0 Å². The topological polar surface area (TPSA) is 39.7 Å². The van der Waals surface area contributed by atoms with Gasteiger partial charge in [-0.05, 0) is 51.5 Å². The van der Waals surface area contributed by atoms with E-state index >= 15 is 0 Å². The summed E-state index contributed by atoms with van der Waals surface area (Å²) in [7, 11) is 0. The Bertz CT molecular complexity index is 324. The molecule has 4 heteroatoms. The van der Waals surface area contributed by atoms with Crippen molar-refractivity contribution in [3.8, 4) is 0 Å². The van der Waals surface area contributed by atoms with E-state index in [0.717, 1.165) is 45.8 Å². The van der Waals surface area contributed by atoms with E-state index in [1.165, 1.54) is 19.3 Å². The van der Waals surface area contributed by atoms with Crippen LogP contribution in [0.1, 0.15) is 46.0 Å². The first-order valence-corrected chi connectivity index (χ1v) is 8.81. The first kappa shape index (κ1) is 15.7. The van der Waals surface area contributed by atoms with Gasteiger partial charge in [0, 0.05) is 38.4 Å². The normalized spacial score (nSPS) is 37.7. The molecule has 122 valence electrons. The van der Waals surface area contributed by atoms with Crippen LogP contribution < -0.4 is 5.32 Å². The molecule has 4 unspecified atom stereocenters. The van der Waals surface area contributed by atoms with Crippen LogP contribution in [0.4, 0.5) is 0 Å². The van der Waals surface area contributed by atoms with Crippen molar-refractivity contribution in [2.24, 2.45) is 11.8 Å². The minimum Gasteiger partial charge on any atom is -0.381 e. The minimum atomic E-state index is 0.0948. The van der Waals surface area contributed by atoms with Gasteiger partial charge in [-0.15, -0.1) is 0 Å². The zero-order valence-corrected chi connectivity index (χ0v) is 13.6. The van der Waals surface area contributed by atoms with Crippen molar-refractivity contribution >= 4 is 0 Å². The van der Waals surface area contributed by atoms with E-state index in [2.05, 4.69) is 19.2 Å². The molecule has 0 bridgehead atoms. The van der Waals surface area contributed by atoms with Crippen LogP contribution in [0.15, 0.2) is 0 Å². The smallest absolute Gasteiger partial charge is 0.0729 e. The lowest BCUT2D eigenvalue weighted by Crippen LogP contribution is -2.52. The van der Waals surface area contributed by atoms with E-state index in [1.54, 1.807) is 0 Å². The molecule has 4 nitrogen and oxygen atoms in total. The summed E-state index contributed by atoms with van der Waals surface area (Å²) in [6.07, 6.45) is 6.10. The van der Waals surface area contributed by atoms with Crippen molar-refractivity contribution in [2.75, 3.05) is 33.0 Å². The third-order valence-electron chi connectivity index (χ3n) is 5.78. The number of ether oxygens (including phenoxy) is 3. The molecule has 3 rings (SSSR count). The van der Waals surface area contributed by atoms with Crippen molar-refractivity contribution < 1.29 is 14.2 Å². The highest BCUT2D eigenvalue weighted by Gasteiger charge is 2.44. The molecule has 0 aromatic heterocycles. The molecular formula is C17H31NO3. The highest BCUT2D eigenvalue weighted by Crippen LogP contribution is 2.41. The van der Waals surface area contributed by atoms with Gasteiger partial charge in [-0.25, -0.2) is 0 Å². The minimum absolute atomic E-state index is 0.0948. The zero-order chi connectivity index (χ0) is 14.7. The van der Waals surface area contributed by atoms with Gasteiger partial charge in [0.2, 0.25) is 0 Å². The summed E-state index contributed by atoms with van der Waals surface area (Å²) in [6.45, 7) is 9.07. The van der Waals surface area contributed by atoms with Crippen LogP contribution in [0.2, 0.25) is 0 Å². The summed E-state index contributed by atoms with van der Waals surface area (Å²) >= 11 is 0. The van der Waals surface area contributed by atoms with E-state index < -0.39 is 0 Å². The molecule has 3 heterocycles. The average molecular weight is 297 g/mol. The Morgan fingerprint density at radius 1 is 1.14 bits per heavy atom. The SMILES string of the molecule is CCNC(C1CCOC2(CCOCC2)C1)C1CCOC1C. The molecule has 0 aromatic carbocycles. The Hall–Kier alpha value is -0.160. The van der Waals surface area contributed by atoms with Crippen molar-refractivity contribution in [3.63, 3.8) is 0 Å². The van der Waals surface area contributed by atoms with Crippen LogP contribution in [0.25, 0.3) is 0 Å². The third-order valence-corrected chi connectivity index (χ3v) is 5.78. The second-order valence-corrected chi connectivity index (χ2v) is 7.01. The largest absolute Gasteiger partial charge is 0.381 e. The standard InChI is InChI=1S/C17H31NO3/c1-3-18-16(15-5-8-20-13(15)2)14-4-9-21-17(12-14)6-10-19-11-7-17/h13-16,18H,3-12H2,1-2H3. The Kier molecular flexibility index (Phi) is 5.20. The highest BCUT2D eigenvalue weighted by atomic mass is 16.5. The monoisotopic (exact) mass is 297 g/mol. The van der Waals surface area contributed by atoms with Gasteiger partial charge >= 0.3 is 0 Å². The predicted octanol–water partition coefficient (Wildman–Crippen LogP) is 2.37. The van der Waals surface area contributed by atoms with Crippen LogP contribution in [-0.4, -0.2) is 50.7 Å². The molecule has 0 radical (unpaired) electrons. The van der Waals surface area contributed by atoms with E-state index in [-0.39, 0.29) is 5.60 Å². The molecule has 4 atom stereocenters. The second-order valence-electron chi connectivity index (χ2n) is 7.01. The summed E-state index contributed by atoms with van der Waals surface area (Å²) in [6, 6.07) is 0.580. The lowest BCUT2D eigenvalue weighted by Gasteiger charge is -2.46. The summed E-state index contributed by atoms with van der Waals surface area (Å²) in [5.41, 5.74) is 0.0948. The summed E-state index contributed by atoms with van der Waals surface area (Å²) < 4.78 is 17.6. The lowest BCUT2D eigenvalue weighted by atomic mass is 9.73. The first-order chi connectivity index (χ1) is 10.2. The van der Waals surface area contributed by atoms with Crippen LogP contribution in [0.3, 0.4) is 0 Å². The molecular weight excluding hydrogens is 266 g/mol. The predicted molar refractivity (Wildman–Crippen MR) is 82.4 cm³/mol. The van der Waals surface area contributed by atoms with E-state index in [9.17, 15) is 0 Å². The van der Waals surface area contributed by atoms with Gasteiger partial charge in [0.25, 0.3) is 0 Å². The zero-order valence-electron chi connectivity index (χ0n) is 13.6. The van der Waals surface area contributed by atoms with Crippen LogP contribution >= 0.6 is 0 Å². The average Bonchev–Trinajstić information content (AvgIpc) is 2.91. The van der Waals surface area contributed by atoms with Crippen LogP contribution in [-0.2, 0) is 14.2 Å². The number of hydrogen-bond donors (Lipinski definition) is 1. The molecule has 1 N–H and O–H groups in total. The van der Waals surface area contributed by atoms with Crippen molar-refractivity contribution in [2.45, 2.75) is 63.7 Å². The Morgan fingerprint density at radius 3 is 2.62 bits per heavy atom. The highest BCUT2D eigenvalue weighted by molar-refractivity contribution is 4.96. The lowest BCUT2D eigenvalue weighted by molar-refractivity contribution is -0.152. The van der Waals surface area contributed by atoms with Gasteiger partial charge in [-0.1, -0.05) is 6.92 Å².